The lowest BCUT2D eigenvalue weighted by Crippen LogP contribution is -2.46. The highest BCUT2D eigenvalue weighted by molar-refractivity contribution is 5.77. The van der Waals surface area contributed by atoms with Gasteiger partial charge in [0.2, 0.25) is 5.91 Å². The summed E-state index contributed by atoms with van der Waals surface area (Å²) in [7, 11) is 0. The summed E-state index contributed by atoms with van der Waals surface area (Å²) in [5.74, 6) is -0.683. The lowest BCUT2D eigenvalue weighted by molar-refractivity contribution is -0.124. The molecule has 1 aromatic rings. The lowest BCUT2D eigenvalue weighted by Gasteiger charge is -2.24. The molecule has 0 spiro atoms. The summed E-state index contributed by atoms with van der Waals surface area (Å²) in [6.07, 6.45) is -0.324. The Morgan fingerprint density at radius 1 is 1.63 bits per heavy atom. The number of carbonyl (C=O) groups excluding carboxylic acids is 1. The van der Waals surface area contributed by atoms with Crippen molar-refractivity contribution >= 4 is 5.91 Å². The van der Waals surface area contributed by atoms with Crippen LogP contribution in [0.3, 0.4) is 0 Å². The first kappa shape index (κ1) is 14.0. The largest absolute Gasteiger partial charge is 0.388 e. The van der Waals surface area contributed by atoms with Crippen molar-refractivity contribution in [2.45, 2.75) is 31.4 Å². The van der Waals surface area contributed by atoms with Gasteiger partial charge >= 0.3 is 0 Å². The van der Waals surface area contributed by atoms with Gasteiger partial charge in [0.1, 0.15) is 5.82 Å². The Morgan fingerprint density at radius 2 is 2.42 bits per heavy atom. The number of nitrogens with one attached hydrogen (secondary N) is 1. The Bertz CT molecular complexity index is 458. The van der Waals surface area contributed by atoms with E-state index in [0.717, 1.165) is 6.42 Å². The molecule has 2 N–H and O–H groups in total. The third kappa shape index (κ3) is 3.75. The predicted molar refractivity (Wildman–Crippen MR) is 68.0 cm³/mol. The van der Waals surface area contributed by atoms with Crippen LogP contribution in [0.5, 0.6) is 0 Å². The Labute approximate surface area is 111 Å². The summed E-state index contributed by atoms with van der Waals surface area (Å²) in [4.78, 5) is 11.9. The number of halogens is 1. The molecule has 2 unspecified atom stereocenters. The zero-order chi connectivity index (χ0) is 13.9. The van der Waals surface area contributed by atoms with Crippen LogP contribution in [0, 0.1) is 5.82 Å². The number of hydrogen-bond acceptors (Lipinski definition) is 3. The topological polar surface area (TPSA) is 58.6 Å². The van der Waals surface area contributed by atoms with Crippen LogP contribution < -0.4 is 5.32 Å². The van der Waals surface area contributed by atoms with Crippen molar-refractivity contribution < 1.29 is 19.0 Å². The van der Waals surface area contributed by atoms with Gasteiger partial charge < -0.3 is 15.2 Å². The SMILES string of the molecule is CC1(NC(=O)CC(O)c2cccc(F)c2)CCOC1. The number of aliphatic hydroxyl groups excluding tert-OH is 1. The van der Waals surface area contributed by atoms with E-state index in [0.29, 0.717) is 18.8 Å². The first-order chi connectivity index (χ1) is 8.98. The van der Waals surface area contributed by atoms with Gasteiger partial charge in [0.25, 0.3) is 0 Å². The van der Waals surface area contributed by atoms with Crippen molar-refractivity contribution in [1.82, 2.24) is 5.32 Å². The van der Waals surface area contributed by atoms with Crippen molar-refractivity contribution in [3.8, 4) is 0 Å². The molecule has 2 atom stereocenters. The van der Waals surface area contributed by atoms with Gasteiger partial charge in [-0.1, -0.05) is 12.1 Å². The third-order valence-electron chi connectivity index (χ3n) is 3.27. The van der Waals surface area contributed by atoms with E-state index < -0.39 is 11.9 Å². The zero-order valence-electron chi connectivity index (χ0n) is 10.9. The Balaban J connectivity index is 1.91. The molecule has 0 radical (unpaired) electrons. The molecular weight excluding hydrogens is 249 g/mol. The predicted octanol–water partition coefficient (Wildman–Crippen LogP) is 1.54. The van der Waals surface area contributed by atoms with Crippen LogP contribution in [0.2, 0.25) is 0 Å². The summed E-state index contributed by atoms with van der Waals surface area (Å²) in [5, 5.41) is 12.8. The maximum Gasteiger partial charge on any atom is 0.223 e. The highest BCUT2D eigenvalue weighted by Crippen LogP contribution is 2.20. The van der Waals surface area contributed by atoms with Crippen LogP contribution in [0.15, 0.2) is 24.3 Å². The molecule has 0 bridgehead atoms. The molecule has 1 fully saturated rings. The zero-order valence-corrected chi connectivity index (χ0v) is 10.9. The van der Waals surface area contributed by atoms with Crippen LogP contribution in [0.1, 0.15) is 31.4 Å². The number of rotatable bonds is 4. The molecule has 19 heavy (non-hydrogen) atoms. The van der Waals surface area contributed by atoms with Gasteiger partial charge in [-0.05, 0) is 31.0 Å². The second kappa shape index (κ2) is 5.67. The minimum Gasteiger partial charge on any atom is -0.388 e. The average molecular weight is 267 g/mol. The highest BCUT2D eigenvalue weighted by atomic mass is 19.1. The molecule has 1 aromatic carbocycles. The normalized spacial score (nSPS) is 24.2. The molecule has 104 valence electrons. The van der Waals surface area contributed by atoms with Crippen LogP contribution in [-0.4, -0.2) is 29.8 Å². The van der Waals surface area contributed by atoms with Gasteiger partial charge in [-0.2, -0.15) is 0 Å². The van der Waals surface area contributed by atoms with E-state index in [2.05, 4.69) is 5.32 Å². The van der Waals surface area contributed by atoms with Crippen molar-refractivity contribution in [3.63, 3.8) is 0 Å². The van der Waals surface area contributed by atoms with E-state index in [1.54, 1.807) is 6.07 Å². The van der Waals surface area contributed by atoms with Gasteiger partial charge in [-0.25, -0.2) is 4.39 Å². The maximum absolute atomic E-state index is 13.0. The molecule has 0 saturated carbocycles. The monoisotopic (exact) mass is 267 g/mol. The number of amides is 1. The molecule has 2 rings (SSSR count). The summed E-state index contributed by atoms with van der Waals surface area (Å²) < 4.78 is 18.3. The molecule has 5 heteroatoms. The Kier molecular flexibility index (Phi) is 4.17. The Morgan fingerprint density at radius 3 is 3.05 bits per heavy atom. The van der Waals surface area contributed by atoms with Crippen LogP contribution in [0.25, 0.3) is 0 Å². The molecule has 1 saturated heterocycles. The molecule has 1 amide bonds. The van der Waals surface area contributed by atoms with E-state index in [1.165, 1.54) is 18.2 Å². The van der Waals surface area contributed by atoms with Gasteiger partial charge in [0.15, 0.2) is 0 Å². The van der Waals surface area contributed by atoms with E-state index in [9.17, 15) is 14.3 Å². The molecule has 1 aliphatic rings. The van der Waals surface area contributed by atoms with E-state index in [-0.39, 0.29) is 17.9 Å². The quantitative estimate of drug-likeness (QED) is 0.870. The maximum atomic E-state index is 13.0. The standard InChI is InChI=1S/C14H18FNO3/c1-14(5-6-19-9-14)16-13(18)8-12(17)10-3-2-4-11(15)7-10/h2-4,7,12,17H,5-6,8-9H2,1H3,(H,16,18). The fraction of sp³-hybridized carbons (Fsp3) is 0.500. The van der Waals surface area contributed by atoms with Crippen molar-refractivity contribution in [2.75, 3.05) is 13.2 Å². The van der Waals surface area contributed by atoms with Gasteiger partial charge in [0, 0.05) is 6.61 Å². The van der Waals surface area contributed by atoms with Crippen LogP contribution in [0.4, 0.5) is 4.39 Å². The number of aliphatic hydroxyl groups is 1. The average Bonchev–Trinajstić information content (AvgIpc) is 2.75. The molecule has 1 heterocycles. The number of benzene rings is 1. The molecular formula is C14H18FNO3. The fourth-order valence-electron chi connectivity index (χ4n) is 2.16. The summed E-state index contributed by atoms with van der Waals surface area (Å²) >= 11 is 0. The second-order valence-electron chi connectivity index (χ2n) is 5.19. The first-order valence-electron chi connectivity index (χ1n) is 6.31. The smallest absolute Gasteiger partial charge is 0.223 e. The summed E-state index contributed by atoms with van der Waals surface area (Å²) in [5.41, 5.74) is 0.0432. The van der Waals surface area contributed by atoms with Crippen molar-refractivity contribution in [1.29, 1.82) is 0 Å². The summed E-state index contributed by atoms with van der Waals surface area (Å²) in [6.45, 7) is 3.02. The molecule has 4 nitrogen and oxygen atoms in total. The number of hydrogen-bond donors (Lipinski definition) is 2. The van der Waals surface area contributed by atoms with E-state index >= 15 is 0 Å². The second-order valence-corrected chi connectivity index (χ2v) is 5.19. The third-order valence-corrected chi connectivity index (χ3v) is 3.27. The minimum atomic E-state index is -0.998. The van der Waals surface area contributed by atoms with E-state index in [4.69, 9.17) is 4.74 Å². The first-order valence-corrected chi connectivity index (χ1v) is 6.31. The lowest BCUT2D eigenvalue weighted by atomic mass is 10.0. The van der Waals surface area contributed by atoms with Crippen LogP contribution in [-0.2, 0) is 9.53 Å². The molecule has 0 aliphatic carbocycles. The van der Waals surface area contributed by atoms with Gasteiger partial charge in [0.05, 0.1) is 24.7 Å². The number of carbonyl (C=O) groups is 1. The van der Waals surface area contributed by atoms with Gasteiger partial charge in [-0.15, -0.1) is 0 Å². The summed E-state index contributed by atoms with van der Waals surface area (Å²) in [6, 6.07) is 5.64. The van der Waals surface area contributed by atoms with Gasteiger partial charge in [-0.3, -0.25) is 4.79 Å². The molecule has 0 aromatic heterocycles. The fourth-order valence-corrected chi connectivity index (χ4v) is 2.16. The van der Waals surface area contributed by atoms with Crippen LogP contribution >= 0.6 is 0 Å². The van der Waals surface area contributed by atoms with E-state index in [1.807, 2.05) is 6.92 Å². The van der Waals surface area contributed by atoms with Crippen molar-refractivity contribution in [2.24, 2.45) is 0 Å². The number of ether oxygens (including phenoxy) is 1. The molecule has 1 aliphatic heterocycles. The highest BCUT2D eigenvalue weighted by Gasteiger charge is 2.31. The van der Waals surface area contributed by atoms with Crippen molar-refractivity contribution in [3.05, 3.63) is 35.6 Å². The Hall–Kier alpha value is -1.46. The minimum absolute atomic E-state index is 0.0843.